The second-order valence-corrected chi connectivity index (χ2v) is 4.30. The van der Waals surface area contributed by atoms with Crippen LogP contribution in [0, 0.1) is 6.92 Å². The van der Waals surface area contributed by atoms with Crippen LogP contribution in [0.1, 0.15) is 5.69 Å². The summed E-state index contributed by atoms with van der Waals surface area (Å²) < 4.78 is 2.72. The molecule has 1 heterocycles. The van der Waals surface area contributed by atoms with Gasteiger partial charge >= 0.3 is 0 Å². The van der Waals surface area contributed by atoms with Crippen LogP contribution in [0.4, 0.5) is 0 Å². The fourth-order valence-corrected chi connectivity index (χ4v) is 1.94. The van der Waals surface area contributed by atoms with Crippen molar-refractivity contribution in [2.45, 2.75) is 6.92 Å². The van der Waals surface area contributed by atoms with Gasteiger partial charge < -0.3 is 0 Å². The molecule has 2 aromatic rings. The molecule has 0 fully saturated rings. The van der Waals surface area contributed by atoms with Gasteiger partial charge in [0.15, 0.2) is 0 Å². The van der Waals surface area contributed by atoms with Crippen molar-refractivity contribution in [1.29, 1.82) is 0 Å². The average Bonchev–Trinajstić information content (AvgIpc) is 2.45. The van der Waals surface area contributed by atoms with Crippen LogP contribution in [0.2, 0.25) is 5.15 Å². The molecule has 0 aliphatic carbocycles. The topological polar surface area (TPSA) is 17.8 Å². The van der Waals surface area contributed by atoms with Gasteiger partial charge in [0.05, 0.1) is 11.4 Å². The van der Waals surface area contributed by atoms with Crippen molar-refractivity contribution < 1.29 is 0 Å². The molecule has 2 nitrogen and oxygen atoms in total. The second kappa shape index (κ2) is 3.75. The number of aryl methyl sites for hydroxylation is 1. The first-order valence-corrected chi connectivity index (χ1v) is 5.32. The molecule has 0 bridgehead atoms. The van der Waals surface area contributed by atoms with E-state index in [-0.39, 0.29) is 0 Å². The van der Waals surface area contributed by atoms with E-state index in [0.717, 1.165) is 15.9 Å². The van der Waals surface area contributed by atoms with Crippen molar-refractivity contribution in [2.24, 2.45) is 0 Å². The minimum absolute atomic E-state index is 0.626. The minimum Gasteiger partial charge on any atom is -0.222 e. The summed E-state index contributed by atoms with van der Waals surface area (Å²) >= 11 is 9.42. The Morgan fingerprint density at radius 2 is 2.14 bits per heavy atom. The van der Waals surface area contributed by atoms with Crippen molar-refractivity contribution >= 4 is 27.5 Å². The highest BCUT2D eigenvalue weighted by Gasteiger charge is 2.04. The van der Waals surface area contributed by atoms with E-state index >= 15 is 0 Å². The van der Waals surface area contributed by atoms with Gasteiger partial charge in [0.1, 0.15) is 5.15 Å². The zero-order chi connectivity index (χ0) is 10.1. The van der Waals surface area contributed by atoms with Gasteiger partial charge in [0.2, 0.25) is 0 Å². The Kier molecular flexibility index (Phi) is 2.61. The molecule has 0 radical (unpaired) electrons. The van der Waals surface area contributed by atoms with Crippen LogP contribution in [0.3, 0.4) is 0 Å². The maximum absolute atomic E-state index is 6.02. The molecule has 4 heteroatoms. The van der Waals surface area contributed by atoms with E-state index in [9.17, 15) is 0 Å². The number of aromatic nitrogens is 2. The minimum atomic E-state index is 0.626. The van der Waals surface area contributed by atoms with E-state index in [1.165, 1.54) is 0 Å². The summed E-state index contributed by atoms with van der Waals surface area (Å²) in [4.78, 5) is 0. The highest BCUT2D eigenvalue weighted by atomic mass is 79.9. The molecule has 0 amide bonds. The molecule has 0 aliphatic rings. The number of rotatable bonds is 1. The largest absolute Gasteiger partial charge is 0.222 e. The molecule has 0 spiro atoms. The quantitative estimate of drug-likeness (QED) is 0.775. The molecule has 2 rings (SSSR count). The third kappa shape index (κ3) is 1.83. The summed E-state index contributed by atoms with van der Waals surface area (Å²) in [5.41, 5.74) is 1.87. The zero-order valence-corrected chi connectivity index (χ0v) is 9.88. The fraction of sp³-hybridized carbons (Fsp3) is 0.100. The molecule has 14 heavy (non-hydrogen) atoms. The molecule has 0 atom stereocenters. The number of hydrogen-bond acceptors (Lipinski definition) is 1. The number of benzene rings is 1. The normalized spacial score (nSPS) is 10.5. The smallest absolute Gasteiger partial charge is 0.133 e. The van der Waals surface area contributed by atoms with Gasteiger partial charge in [-0.05, 0) is 31.2 Å². The third-order valence-corrected chi connectivity index (χ3v) is 2.60. The predicted octanol–water partition coefficient (Wildman–Crippen LogP) is 3.60. The monoisotopic (exact) mass is 270 g/mol. The lowest BCUT2D eigenvalue weighted by Crippen LogP contribution is -1.96. The van der Waals surface area contributed by atoms with Crippen LogP contribution in [-0.4, -0.2) is 9.78 Å². The highest BCUT2D eigenvalue weighted by molar-refractivity contribution is 9.10. The molecule has 1 aromatic heterocycles. The van der Waals surface area contributed by atoms with Gasteiger partial charge in [-0.2, -0.15) is 5.10 Å². The van der Waals surface area contributed by atoms with Crippen molar-refractivity contribution in [3.05, 3.63) is 45.7 Å². The van der Waals surface area contributed by atoms with Gasteiger partial charge in [-0.25, -0.2) is 4.68 Å². The van der Waals surface area contributed by atoms with Gasteiger partial charge in [0, 0.05) is 4.47 Å². The molecule has 0 saturated heterocycles. The Balaban J connectivity index is 2.54. The van der Waals surface area contributed by atoms with Gasteiger partial charge in [-0.15, -0.1) is 0 Å². The molecular weight excluding hydrogens is 263 g/mol. The van der Waals surface area contributed by atoms with E-state index in [2.05, 4.69) is 21.0 Å². The van der Waals surface area contributed by atoms with Crippen molar-refractivity contribution in [3.63, 3.8) is 0 Å². The molecule has 1 aromatic carbocycles. The first kappa shape index (κ1) is 9.74. The van der Waals surface area contributed by atoms with E-state index in [4.69, 9.17) is 11.6 Å². The predicted molar refractivity (Wildman–Crippen MR) is 61.0 cm³/mol. The van der Waals surface area contributed by atoms with E-state index in [1.807, 2.05) is 37.3 Å². The Bertz CT molecular complexity index is 465. The van der Waals surface area contributed by atoms with Crippen LogP contribution in [0.25, 0.3) is 5.69 Å². The van der Waals surface area contributed by atoms with Gasteiger partial charge in [-0.3, -0.25) is 0 Å². The average molecular weight is 272 g/mol. The molecule has 0 saturated carbocycles. The Hall–Kier alpha value is -0.800. The van der Waals surface area contributed by atoms with Crippen LogP contribution in [-0.2, 0) is 0 Å². The molecule has 0 unspecified atom stereocenters. The first-order valence-electron chi connectivity index (χ1n) is 4.15. The van der Waals surface area contributed by atoms with E-state index < -0.39 is 0 Å². The highest BCUT2D eigenvalue weighted by Crippen LogP contribution is 2.19. The van der Waals surface area contributed by atoms with Crippen LogP contribution >= 0.6 is 27.5 Å². The lowest BCUT2D eigenvalue weighted by Gasteiger charge is -2.02. The third-order valence-electron chi connectivity index (χ3n) is 1.84. The molecule has 72 valence electrons. The molecule has 0 N–H and O–H groups in total. The summed E-state index contributed by atoms with van der Waals surface area (Å²) in [5.74, 6) is 0. The zero-order valence-electron chi connectivity index (χ0n) is 7.54. The Morgan fingerprint density at radius 3 is 2.71 bits per heavy atom. The van der Waals surface area contributed by atoms with Gasteiger partial charge in [-0.1, -0.05) is 33.6 Å². The van der Waals surface area contributed by atoms with Crippen LogP contribution < -0.4 is 0 Å². The maximum Gasteiger partial charge on any atom is 0.133 e. The van der Waals surface area contributed by atoms with Crippen molar-refractivity contribution in [2.75, 3.05) is 0 Å². The summed E-state index contributed by atoms with van der Waals surface area (Å²) in [6.45, 7) is 1.92. The summed E-state index contributed by atoms with van der Waals surface area (Å²) in [6, 6.07) is 9.68. The number of hydrogen-bond donors (Lipinski definition) is 0. The maximum atomic E-state index is 6.02. The second-order valence-electron chi connectivity index (χ2n) is 3.00. The first-order chi connectivity index (χ1) is 6.66. The van der Waals surface area contributed by atoms with Crippen LogP contribution in [0.5, 0.6) is 0 Å². The van der Waals surface area contributed by atoms with Crippen LogP contribution in [0.15, 0.2) is 34.8 Å². The van der Waals surface area contributed by atoms with Gasteiger partial charge in [0.25, 0.3) is 0 Å². The standard InChI is InChI=1S/C10H8BrClN2/c1-7-5-10(12)14(13-7)9-4-2-3-8(11)6-9/h2-6H,1H3. The van der Waals surface area contributed by atoms with Crippen molar-refractivity contribution in [1.82, 2.24) is 9.78 Å². The molecule has 0 aliphatic heterocycles. The SMILES string of the molecule is Cc1cc(Cl)n(-c2cccc(Br)c2)n1. The number of nitrogens with zero attached hydrogens (tertiary/aromatic N) is 2. The van der Waals surface area contributed by atoms with Crippen molar-refractivity contribution in [3.8, 4) is 5.69 Å². The summed E-state index contributed by atoms with van der Waals surface area (Å²) in [6.07, 6.45) is 0. The Labute approximate surface area is 95.6 Å². The van der Waals surface area contributed by atoms with E-state index in [0.29, 0.717) is 5.15 Å². The molecular formula is C10H8BrClN2. The van der Waals surface area contributed by atoms with E-state index in [1.54, 1.807) is 4.68 Å². The summed E-state index contributed by atoms with van der Waals surface area (Å²) in [5, 5.41) is 4.91. The lowest BCUT2D eigenvalue weighted by molar-refractivity contribution is 0.863. The fourth-order valence-electron chi connectivity index (χ4n) is 1.26. The lowest BCUT2D eigenvalue weighted by atomic mass is 10.3. The number of halogens is 2. The summed E-state index contributed by atoms with van der Waals surface area (Å²) in [7, 11) is 0. The Morgan fingerprint density at radius 1 is 1.36 bits per heavy atom.